The first-order chi connectivity index (χ1) is 7.91. The van der Waals surface area contributed by atoms with E-state index in [-0.39, 0.29) is 30.4 Å². The molecule has 0 heterocycles. The molecule has 0 atom stereocenters. The number of nitrogens with one attached hydrogen (secondary N) is 3. The summed E-state index contributed by atoms with van der Waals surface area (Å²) in [4.78, 5) is 22.7. The molecule has 3 N–H and O–H groups in total. The standard InChI is InChI=1S/C12H25N3O2/c1-5-7-14-10(16)8-13-9-11(17)15-12(3,4)6-2/h13H,5-9H2,1-4H3,(H,14,16)(H,15,17). The van der Waals surface area contributed by atoms with Gasteiger partial charge in [0.05, 0.1) is 13.1 Å². The molecule has 0 fully saturated rings. The number of carbonyl (C=O) groups is 2. The van der Waals surface area contributed by atoms with E-state index in [1.165, 1.54) is 0 Å². The molecule has 0 aromatic heterocycles. The van der Waals surface area contributed by atoms with Gasteiger partial charge in [0, 0.05) is 12.1 Å². The van der Waals surface area contributed by atoms with Crippen molar-refractivity contribution in [1.82, 2.24) is 16.0 Å². The molecular formula is C12H25N3O2. The number of hydrogen-bond acceptors (Lipinski definition) is 3. The third-order valence-electron chi connectivity index (χ3n) is 2.50. The van der Waals surface area contributed by atoms with E-state index in [9.17, 15) is 9.59 Å². The van der Waals surface area contributed by atoms with Gasteiger partial charge in [-0.1, -0.05) is 13.8 Å². The third-order valence-corrected chi connectivity index (χ3v) is 2.50. The topological polar surface area (TPSA) is 70.2 Å². The summed E-state index contributed by atoms with van der Waals surface area (Å²) in [7, 11) is 0. The van der Waals surface area contributed by atoms with E-state index in [0.717, 1.165) is 12.8 Å². The molecule has 0 rings (SSSR count). The number of rotatable bonds is 8. The molecule has 0 radical (unpaired) electrons. The van der Waals surface area contributed by atoms with Crippen LogP contribution in [0, 0.1) is 0 Å². The van der Waals surface area contributed by atoms with Gasteiger partial charge in [0.2, 0.25) is 11.8 Å². The summed E-state index contributed by atoms with van der Waals surface area (Å²) >= 11 is 0. The van der Waals surface area contributed by atoms with Crippen LogP contribution in [0.4, 0.5) is 0 Å². The van der Waals surface area contributed by atoms with E-state index in [0.29, 0.717) is 6.54 Å². The Morgan fingerprint density at radius 3 is 2.18 bits per heavy atom. The van der Waals surface area contributed by atoms with E-state index in [4.69, 9.17) is 0 Å². The molecule has 0 aliphatic carbocycles. The summed E-state index contributed by atoms with van der Waals surface area (Å²) < 4.78 is 0. The fourth-order valence-electron chi connectivity index (χ4n) is 1.13. The molecule has 0 spiro atoms. The van der Waals surface area contributed by atoms with E-state index in [1.54, 1.807) is 0 Å². The largest absolute Gasteiger partial charge is 0.355 e. The van der Waals surface area contributed by atoms with Gasteiger partial charge in [0.15, 0.2) is 0 Å². The molecule has 2 amide bonds. The number of carbonyl (C=O) groups excluding carboxylic acids is 2. The van der Waals surface area contributed by atoms with Crippen LogP contribution in [0.25, 0.3) is 0 Å². The molecule has 5 nitrogen and oxygen atoms in total. The molecule has 5 heteroatoms. The molecule has 0 bridgehead atoms. The first-order valence-corrected chi connectivity index (χ1v) is 6.19. The number of amides is 2. The minimum atomic E-state index is -0.191. The van der Waals surface area contributed by atoms with Crippen LogP contribution >= 0.6 is 0 Å². The Morgan fingerprint density at radius 1 is 1.06 bits per heavy atom. The van der Waals surface area contributed by atoms with Gasteiger partial charge in [0.25, 0.3) is 0 Å². The van der Waals surface area contributed by atoms with Crippen LogP contribution in [-0.4, -0.2) is 37.0 Å². The Labute approximate surface area is 104 Å². The van der Waals surface area contributed by atoms with E-state index >= 15 is 0 Å². The van der Waals surface area contributed by atoms with Crippen molar-refractivity contribution in [3.8, 4) is 0 Å². The van der Waals surface area contributed by atoms with Crippen LogP contribution in [0.5, 0.6) is 0 Å². The van der Waals surface area contributed by atoms with Gasteiger partial charge in [-0.25, -0.2) is 0 Å². The zero-order valence-corrected chi connectivity index (χ0v) is 11.4. The van der Waals surface area contributed by atoms with Crippen molar-refractivity contribution in [3.63, 3.8) is 0 Å². The zero-order chi connectivity index (χ0) is 13.3. The molecule has 0 aromatic carbocycles. The Kier molecular flexibility index (Phi) is 7.54. The normalized spacial score (nSPS) is 11.1. The highest BCUT2D eigenvalue weighted by Crippen LogP contribution is 2.05. The minimum absolute atomic E-state index is 0.0746. The van der Waals surface area contributed by atoms with Gasteiger partial charge < -0.3 is 10.6 Å². The maximum Gasteiger partial charge on any atom is 0.234 e. The lowest BCUT2D eigenvalue weighted by molar-refractivity contribution is -0.122. The Hall–Kier alpha value is -1.10. The second-order valence-corrected chi connectivity index (χ2v) is 4.74. The molecule has 0 aromatic rings. The van der Waals surface area contributed by atoms with Crippen molar-refractivity contribution in [1.29, 1.82) is 0 Å². The number of hydrogen-bond donors (Lipinski definition) is 3. The molecule has 17 heavy (non-hydrogen) atoms. The minimum Gasteiger partial charge on any atom is -0.355 e. The highest BCUT2D eigenvalue weighted by atomic mass is 16.2. The molecule has 0 saturated heterocycles. The Balaban J connectivity index is 3.68. The van der Waals surface area contributed by atoms with Gasteiger partial charge in [-0.2, -0.15) is 0 Å². The van der Waals surface area contributed by atoms with E-state index in [1.807, 2.05) is 27.7 Å². The van der Waals surface area contributed by atoms with Gasteiger partial charge in [-0.05, 0) is 26.7 Å². The quantitative estimate of drug-likeness (QED) is 0.578. The van der Waals surface area contributed by atoms with Crippen molar-refractivity contribution < 1.29 is 9.59 Å². The van der Waals surface area contributed by atoms with Crippen LogP contribution < -0.4 is 16.0 Å². The molecule has 0 saturated carbocycles. The van der Waals surface area contributed by atoms with Crippen molar-refractivity contribution in [2.75, 3.05) is 19.6 Å². The van der Waals surface area contributed by atoms with Gasteiger partial charge >= 0.3 is 0 Å². The van der Waals surface area contributed by atoms with Crippen molar-refractivity contribution in [3.05, 3.63) is 0 Å². The van der Waals surface area contributed by atoms with E-state index < -0.39 is 0 Å². The molecular weight excluding hydrogens is 218 g/mol. The fraction of sp³-hybridized carbons (Fsp3) is 0.833. The predicted octanol–water partition coefficient (Wildman–Crippen LogP) is 0.407. The highest BCUT2D eigenvalue weighted by molar-refractivity contribution is 5.81. The first kappa shape index (κ1) is 15.9. The SMILES string of the molecule is CCCNC(=O)CNCC(=O)NC(C)(C)CC. The Morgan fingerprint density at radius 2 is 1.65 bits per heavy atom. The van der Waals surface area contributed by atoms with Crippen LogP contribution in [0.3, 0.4) is 0 Å². The maximum atomic E-state index is 11.5. The maximum absolute atomic E-state index is 11.5. The molecule has 100 valence electrons. The summed E-state index contributed by atoms with van der Waals surface area (Å²) in [6, 6.07) is 0. The van der Waals surface area contributed by atoms with Crippen LogP contribution in [0.2, 0.25) is 0 Å². The summed E-state index contributed by atoms with van der Waals surface area (Å²) in [5.41, 5.74) is -0.191. The third kappa shape index (κ3) is 8.68. The Bertz CT molecular complexity index is 252. The second kappa shape index (κ2) is 8.06. The lowest BCUT2D eigenvalue weighted by Gasteiger charge is -2.24. The van der Waals surface area contributed by atoms with Gasteiger partial charge in [0.1, 0.15) is 0 Å². The van der Waals surface area contributed by atoms with E-state index in [2.05, 4.69) is 16.0 Å². The summed E-state index contributed by atoms with van der Waals surface area (Å²) in [5, 5.41) is 8.44. The molecule has 0 aliphatic heterocycles. The lowest BCUT2D eigenvalue weighted by Crippen LogP contribution is -2.47. The average Bonchev–Trinajstić information content (AvgIpc) is 2.25. The summed E-state index contributed by atoms with van der Waals surface area (Å²) in [6.07, 6.45) is 1.78. The zero-order valence-electron chi connectivity index (χ0n) is 11.4. The highest BCUT2D eigenvalue weighted by Gasteiger charge is 2.17. The van der Waals surface area contributed by atoms with Crippen molar-refractivity contribution in [2.24, 2.45) is 0 Å². The van der Waals surface area contributed by atoms with Gasteiger partial charge in [-0.3, -0.25) is 14.9 Å². The molecule has 0 aliphatic rings. The molecule has 0 unspecified atom stereocenters. The van der Waals surface area contributed by atoms with Crippen LogP contribution in [0.1, 0.15) is 40.5 Å². The first-order valence-electron chi connectivity index (χ1n) is 6.19. The van der Waals surface area contributed by atoms with Crippen molar-refractivity contribution >= 4 is 11.8 Å². The van der Waals surface area contributed by atoms with Gasteiger partial charge in [-0.15, -0.1) is 0 Å². The summed E-state index contributed by atoms with van der Waals surface area (Å²) in [5.74, 6) is -0.158. The average molecular weight is 243 g/mol. The monoisotopic (exact) mass is 243 g/mol. The fourth-order valence-corrected chi connectivity index (χ4v) is 1.13. The van der Waals surface area contributed by atoms with Crippen LogP contribution in [0.15, 0.2) is 0 Å². The van der Waals surface area contributed by atoms with Crippen molar-refractivity contribution in [2.45, 2.75) is 46.1 Å². The lowest BCUT2D eigenvalue weighted by atomic mass is 10.0. The van der Waals surface area contributed by atoms with Crippen LogP contribution in [-0.2, 0) is 9.59 Å². The smallest absolute Gasteiger partial charge is 0.234 e. The summed E-state index contributed by atoms with van der Waals surface area (Å²) in [6.45, 7) is 8.98. The second-order valence-electron chi connectivity index (χ2n) is 4.74. The predicted molar refractivity (Wildman–Crippen MR) is 68.7 cm³/mol.